The quantitative estimate of drug-likeness (QED) is 0.469. The average Bonchev–Trinajstić information content (AvgIpc) is 3.88. The monoisotopic (exact) mass is 517 g/mol. The minimum Gasteiger partial charge on any atom is -0.492 e. The lowest BCUT2D eigenvalue weighted by Crippen LogP contribution is -2.42. The summed E-state index contributed by atoms with van der Waals surface area (Å²) >= 11 is 0. The van der Waals surface area contributed by atoms with E-state index in [-0.39, 0.29) is 18.6 Å². The maximum atomic E-state index is 13.2. The van der Waals surface area contributed by atoms with Crippen LogP contribution in [-0.2, 0) is 4.79 Å². The van der Waals surface area contributed by atoms with Gasteiger partial charge < -0.3 is 29.4 Å². The number of carbonyl (C=O) groups is 2. The van der Waals surface area contributed by atoms with Crippen molar-refractivity contribution in [2.24, 2.45) is 17.8 Å². The van der Waals surface area contributed by atoms with E-state index in [9.17, 15) is 9.59 Å². The highest BCUT2D eigenvalue weighted by Gasteiger charge is 2.35. The Bertz CT molecular complexity index is 1390. The van der Waals surface area contributed by atoms with Crippen molar-refractivity contribution in [2.45, 2.75) is 38.5 Å². The van der Waals surface area contributed by atoms with Gasteiger partial charge in [-0.1, -0.05) is 0 Å². The molecule has 10 nitrogen and oxygen atoms in total. The van der Waals surface area contributed by atoms with Crippen LogP contribution >= 0.6 is 0 Å². The van der Waals surface area contributed by atoms with Gasteiger partial charge in [0.2, 0.25) is 12.7 Å². The Labute approximate surface area is 220 Å². The van der Waals surface area contributed by atoms with Crippen molar-refractivity contribution in [2.75, 3.05) is 33.0 Å². The molecule has 0 spiro atoms. The van der Waals surface area contributed by atoms with Gasteiger partial charge in [-0.3, -0.25) is 9.59 Å². The summed E-state index contributed by atoms with van der Waals surface area (Å²) in [5.41, 5.74) is 2.96. The molecule has 0 radical (unpaired) electrons. The van der Waals surface area contributed by atoms with Crippen LogP contribution in [0.2, 0.25) is 0 Å². The fourth-order valence-electron chi connectivity index (χ4n) is 5.37. The third kappa shape index (κ3) is 4.41. The van der Waals surface area contributed by atoms with Gasteiger partial charge in [-0.2, -0.15) is 0 Å². The smallest absolute Gasteiger partial charge is 0.255 e. The van der Waals surface area contributed by atoms with Crippen LogP contribution in [0, 0.1) is 17.8 Å². The van der Waals surface area contributed by atoms with E-state index >= 15 is 0 Å². The number of likely N-dealkylation sites (tertiary alicyclic amines) is 1. The molecule has 2 aliphatic heterocycles. The zero-order valence-corrected chi connectivity index (χ0v) is 21.2. The summed E-state index contributed by atoms with van der Waals surface area (Å²) < 4.78 is 17.6. The summed E-state index contributed by atoms with van der Waals surface area (Å²) in [6, 6.07) is 3.74. The summed E-state index contributed by atoms with van der Waals surface area (Å²) in [6.07, 6.45) is 9.40. The molecule has 0 bridgehead atoms. The van der Waals surface area contributed by atoms with Crippen molar-refractivity contribution >= 4 is 22.8 Å². The van der Waals surface area contributed by atoms with Crippen LogP contribution in [0.15, 0.2) is 24.7 Å². The Balaban J connectivity index is 1.09. The SMILES string of the molecule is O=C(NCC1CCN(C(=O)C2CC2)CC1)c1c[nH]c2c(-c3c(OCC4CC4)ccc4c3OCO4)ncnc12. The predicted molar refractivity (Wildman–Crippen MR) is 138 cm³/mol. The molecule has 2 aromatic heterocycles. The number of nitrogens with zero attached hydrogens (tertiary/aromatic N) is 3. The van der Waals surface area contributed by atoms with Gasteiger partial charge in [0.25, 0.3) is 5.91 Å². The van der Waals surface area contributed by atoms with Gasteiger partial charge >= 0.3 is 0 Å². The number of ether oxygens (including phenoxy) is 3. The Morgan fingerprint density at radius 1 is 1.05 bits per heavy atom. The zero-order chi connectivity index (χ0) is 25.6. The summed E-state index contributed by atoms with van der Waals surface area (Å²) in [4.78, 5) is 39.7. The number of piperidine rings is 1. The molecule has 198 valence electrons. The van der Waals surface area contributed by atoms with Gasteiger partial charge in [0.05, 0.1) is 23.3 Å². The number of benzene rings is 1. The van der Waals surface area contributed by atoms with Crippen LogP contribution in [0.4, 0.5) is 0 Å². The minimum atomic E-state index is -0.180. The van der Waals surface area contributed by atoms with Gasteiger partial charge in [-0.15, -0.1) is 0 Å². The average molecular weight is 518 g/mol. The van der Waals surface area contributed by atoms with E-state index in [1.807, 2.05) is 17.0 Å². The molecule has 4 heterocycles. The van der Waals surface area contributed by atoms with E-state index < -0.39 is 0 Å². The van der Waals surface area contributed by atoms with E-state index in [1.165, 1.54) is 19.2 Å². The van der Waals surface area contributed by atoms with Crippen molar-refractivity contribution in [3.8, 4) is 28.5 Å². The largest absolute Gasteiger partial charge is 0.492 e. The highest BCUT2D eigenvalue weighted by Crippen LogP contribution is 2.48. The van der Waals surface area contributed by atoms with E-state index in [2.05, 4.69) is 20.3 Å². The molecule has 1 aromatic carbocycles. The molecule has 0 atom stereocenters. The molecular formula is C28H31N5O5. The second-order valence-corrected chi connectivity index (χ2v) is 10.8. The molecule has 2 aliphatic carbocycles. The van der Waals surface area contributed by atoms with E-state index in [0.717, 1.165) is 38.8 Å². The molecule has 0 unspecified atom stereocenters. The summed E-state index contributed by atoms with van der Waals surface area (Å²) in [7, 11) is 0. The van der Waals surface area contributed by atoms with E-state index in [1.54, 1.807) is 6.20 Å². The topological polar surface area (TPSA) is 119 Å². The molecular weight excluding hydrogens is 486 g/mol. The number of hydrogen-bond acceptors (Lipinski definition) is 7. The fourth-order valence-corrected chi connectivity index (χ4v) is 5.37. The number of aromatic nitrogens is 3. The summed E-state index contributed by atoms with van der Waals surface area (Å²) in [6.45, 7) is 2.91. The van der Waals surface area contributed by atoms with Crippen LogP contribution in [0.5, 0.6) is 17.2 Å². The lowest BCUT2D eigenvalue weighted by Gasteiger charge is -2.32. The van der Waals surface area contributed by atoms with Gasteiger partial charge in [0.15, 0.2) is 11.5 Å². The third-order valence-corrected chi connectivity index (χ3v) is 8.02. The third-order valence-electron chi connectivity index (χ3n) is 8.02. The molecule has 1 saturated heterocycles. The fraction of sp³-hybridized carbons (Fsp3) is 0.500. The second kappa shape index (κ2) is 9.49. The Kier molecular flexibility index (Phi) is 5.82. The molecule has 2 N–H and O–H groups in total. The normalized spacial score (nSPS) is 19.1. The van der Waals surface area contributed by atoms with Gasteiger partial charge in [-0.25, -0.2) is 9.97 Å². The number of carbonyl (C=O) groups excluding carboxylic acids is 2. The molecule has 10 heteroatoms. The highest BCUT2D eigenvalue weighted by molar-refractivity contribution is 6.08. The van der Waals surface area contributed by atoms with Crippen molar-refractivity contribution in [1.29, 1.82) is 0 Å². The molecule has 38 heavy (non-hydrogen) atoms. The maximum Gasteiger partial charge on any atom is 0.255 e. The van der Waals surface area contributed by atoms with Gasteiger partial charge in [0.1, 0.15) is 23.3 Å². The van der Waals surface area contributed by atoms with Crippen LogP contribution < -0.4 is 19.5 Å². The Hall–Kier alpha value is -3.82. The number of amides is 2. The molecule has 3 fully saturated rings. The van der Waals surface area contributed by atoms with Gasteiger partial charge in [0, 0.05) is 31.7 Å². The second-order valence-electron chi connectivity index (χ2n) is 10.8. The van der Waals surface area contributed by atoms with Crippen LogP contribution in [0.1, 0.15) is 48.9 Å². The zero-order valence-electron chi connectivity index (χ0n) is 21.2. The van der Waals surface area contributed by atoms with Crippen molar-refractivity contribution in [1.82, 2.24) is 25.2 Å². The van der Waals surface area contributed by atoms with Crippen LogP contribution in [0.25, 0.3) is 22.3 Å². The number of fused-ring (bicyclic) bond motifs is 2. The first-order valence-electron chi connectivity index (χ1n) is 13.6. The van der Waals surface area contributed by atoms with Crippen LogP contribution in [-0.4, -0.2) is 64.7 Å². The molecule has 2 saturated carbocycles. The van der Waals surface area contributed by atoms with E-state index in [4.69, 9.17) is 14.2 Å². The lowest BCUT2D eigenvalue weighted by molar-refractivity contribution is -0.133. The molecule has 7 rings (SSSR count). The number of hydrogen-bond donors (Lipinski definition) is 2. The Morgan fingerprint density at radius 3 is 2.68 bits per heavy atom. The van der Waals surface area contributed by atoms with E-state index in [0.29, 0.717) is 76.0 Å². The number of nitrogens with one attached hydrogen (secondary N) is 2. The number of aromatic amines is 1. The summed E-state index contributed by atoms with van der Waals surface area (Å²) in [5, 5.41) is 3.09. The van der Waals surface area contributed by atoms with Crippen molar-refractivity contribution in [3.05, 3.63) is 30.2 Å². The lowest BCUT2D eigenvalue weighted by atomic mass is 9.96. The molecule has 3 aromatic rings. The first-order chi connectivity index (χ1) is 18.7. The first-order valence-corrected chi connectivity index (χ1v) is 13.6. The Morgan fingerprint density at radius 2 is 1.89 bits per heavy atom. The van der Waals surface area contributed by atoms with Gasteiger partial charge in [-0.05, 0) is 62.5 Å². The molecule has 4 aliphatic rings. The van der Waals surface area contributed by atoms with Crippen molar-refractivity contribution in [3.63, 3.8) is 0 Å². The first kappa shape index (κ1) is 23.3. The number of H-pyrrole nitrogens is 1. The molecule has 2 amide bonds. The predicted octanol–water partition coefficient (Wildman–Crippen LogP) is 3.52. The number of rotatable bonds is 8. The summed E-state index contributed by atoms with van der Waals surface area (Å²) in [5.74, 6) is 3.23. The standard InChI is InChI=1S/C28H31N5O5/c34-27(30-11-16-7-9-33(10-8-16)28(35)18-3-4-18)19-12-29-25-23(19)31-14-32-24(25)22-20(36-13-17-1-2-17)5-6-21-26(22)38-15-37-21/h5-6,12,14,16-18,29H,1-4,7-11,13,15H2,(H,30,34). The van der Waals surface area contributed by atoms with Crippen molar-refractivity contribution < 1.29 is 23.8 Å². The van der Waals surface area contributed by atoms with Crippen LogP contribution in [0.3, 0.4) is 0 Å². The minimum absolute atomic E-state index is 0.134. The maximum absolute atomic E-state index is 13.2. The highest BCUT2D eigenvalue weighted by atomic mass is 16.7.